The summed E-state index contributed by atoms with van der Waals surface area (Å²) in [4.78, 5) is 25.0. The summed E-state index contributed by atoms with van der Waals surface area (Å²) in [5.74, 6) is 1.08. The zero-order chi connectivity index (χ0) is 15.1. The number of likely N-dealkylation sites (N-methyl/N-ethyl adjacent to an activating group) is 1. The van der Waals surface area contributed by atoms with E-state index in [1.54, 1.807) is 17.5 Å². The Balaban J connectivity index is 1.44. The van der Waals surface area contributed by atoms with Crippen LogP contribution in [0, 0.1) is 5.92 Å². The standard InChI is InChI=1S/C15H19N5OS/c1-19-5-3-11-12(9-19)22-15(17-11)18-14(21)10-2-6-20-7-4-16-13(20)8-10/h4,7,10H,2-3,5-6,8-9H2,1H3,(H,17,18,21). The second kappa shape index (κ2) is 5.48. The van der Waals surface area contributed by atoms with Crippen molar-refractivity contribution in [1.29, 1.82) is 0 Å². The summed E-state index contributed by atoms with van der Waals surface area (Å²) in [6.45, 7) is 2.84. The van der Waals surface area contributed by atoms with E-state index >= 15 is 0 Å². The number of amides is 1. The molecule has 2 aromatic rings. The smallest absolute Gasteiger partial charge is 0.229 e. The number of rotatable bonds is 2. The first-order valence-electron chi connectivity index (χ1n) is 7.67. The lowest BCUT2D eigenvalue weighted by molar-refractivity contribution is -0.120. The van der Waals surface area contributed by atoms with E-state index in [2.05, 4.69) is 31.8 Å². The maximum atomic E-state index is 12.5. The van der Waals surface area contributed by atoms with E-state index < -0.39 is 0 Å². The lowest BCUT2D eigenvalue weighted by atomic mass is 9.97. The third-order valence-corrected chi connectivity index (χ3v) is 5.47. The van der Waals surface area contributed by atoms with E-state index in [1.807, 2.05) is 6.20 Å². The molecule has 1 N–H and O–H groups in total. The Bertz CT molecular complexity index is 707. The van der Waals surface area contributed by atoms with Crippen molar-refractivity contribution in [2.24, 2.45) is 5.92 Å². The van der Waals surface area contributed by atoms with Gasteiger partial charge in [0.05, 0.1) is 5.69 Å². The molecule has 116 valence electrons. The third kappa shape index (κ3) is 2.55. The summed E-state index contributed by atoms with van der Waals surface area (Å²) >= 11 is 1.61. The minimum absolute atomic E-state index is 0.00139. The molecule has 2 aliphatic heterocycles. The van der Waals surface area contributed by atoms with Crippen LogP contribution in [0.1, 0.15) is 22.8 Å². The predicted octanol–water partition coefficient (Wildman–Crippen LogP) is 1.53. The number of thiazole rings is 1. The number of aryl methyl sites for hydroxylation is 1. The number of aromatic nitrogens is 3. The average Bonchev–Trinajstić information content (AvgIpc) is 3.11. The first-order valence-corrected chi connectivity index (χ1v) is 8.48. The van der Waals surface area contributed by atoms with Crippen LogP contribution in [0.25, 0.3) is 0 Å². The minimum Gasteiger partial charge on any atom is -0.335 e. The Hall–Kier alpha value is -1.73. The molecule has 0 spiro atoms. The van der Waals surface area contributed by atoms with Gasteiger partial charge in [-0.25, -0.2) is 9.97 Å². The summed E-state index contributed by atoms with van der Waals surface area (Å²) < 4.78 is 2.13. The predicted molar refractivity (Wildman–Crippen MR) is 84.8 cm³/mol. The first-order chi connectivity index (χ1) is 10.7. The number of carbonyl (C=O) groups is 1. The third-order valence-electron chi connectivity index (χ3n) is 4.47. The van der Waals surface area contributed by atoms with Gasteiger partial charge in [0.2, 0.25) is 5.91 Å². The summed E-state index contributed by atoms with van der Waals surface area (Å²) in [5, 5.41) is 3.77. The second-order valence-corrected chi connectivity index (χ2v) is 7.18. The van der Waals surface area contributed by atoms with Crippen molar-refractivity contribution in [3.8, 4) is 0 Å². The normalized spacial score (nSPS) is 21.2. The maximum Gasteiger partial charge on any atom is 0.229 e. The Kier molecular flexibility index (Phi) is 3.46. The van der Waals surface area contributed by atoms with Gasteiger partial charge in [0.1, 0.15) is 5.82 Å². The van der Waals surface area contributed by atoms with E-state index in [1.165, 1.54) is 4.88 Å². The van der Waals surface area contributed by atoms with Gasteiger partial charge in [-0.2, -0.15) is 0 Å². The van der Waals surface area contributed by atoms with Gasteiger partial charge in [0.15, 0.2) is 5.13 Å². The number of anilines is 1. The molecule has 1 amide bonds. The molecule has 0 saturated carbocycles. The summed E-state index contributed by atoms with van der Waals surface area (Å²) in [6, 6.07) is 0. The molecular weight excluding hydrogens is 298 g/mol. The number of hydrogen-bond donors (Lipinski definition) is 1. The van der Waals surface area contributed by atoms with Gasteiger partial charge in [0, 0.05) is 55.7 Å². The molecule has 4 heterocycles. The quantitative estimate of drug-likeness (QED) is 0.912. The van der Waals surface area contributed by atoms with Crippen molar-refractivity contribution in [2.75, 3.05) is 18.9 Å². The van der Waals surface area contributed by atoms with Crippen LogP contribution >= 0.6 is 11.3 Å². The molecule has 0 aromatic carbocycles. The molecule has 0 fully saturated rings. The fraction of sp³-hybridized carbons (Fsp3) is 0.533. The van der Waals surface area contributed by atoms with Crippen LogP contribution in [-0.4, -0.2) is 38.9 Å². The van der Waals surface area contributed by atoms with Crippen LogP contribution in [-0.2, 0) is 30.7 Å². The monoisotopic (exact) mass is 317 g/mol. The number of nitrogens with one attached hydrogen (secondary N) is 1. The van der Waals surface area contributed by atoms with Gasteiger partial charge in [-0.15, -0.1) is 11.3 Å². The Labute approximate surface area is 133 Å². The molecule has 0 saturated heterocycles. The summed E-state index contributed by atoms with van der Waals surface area (Å²) in [6.07, 6.45) is 6.34. The summed E-state index contributed by atoms with van der Waals surface area (Å²) in [7, 11) is 2.12. The van der Waals surface area contributed by atoms with E-state index in [0.717, 1.165) is 49.1 Å². The Morgan fingerprint density at radius 3 is 3.27 bits per heavy atom. The van der Waals surface area contributed by atoms with Crippen molar-refractivity contribution in [1.82, 2.24) is 19.4 Å². The van der Waals surface area contributed by atoms with E-state index in [4.69, 9.17) is 0 Å². The van der Waals surface area contributed by atoms with Crippen LogP contribution in [0.5, 0.6) is 0 Å². The van der Waals surface area contributed by atoms with E-state index in [9.17, 15) is 4.79 Å². The van der Waals surface area contributed by atoms with Gasteiger partial charge in [0.25, 0.3) is 0 Å². The van der Waals surface area contributed by atoms with Crippen molar-refractivity contribution in [3.05, 3.63) is 28.8 Å². The molecule has 6 nitrogen and oxygen atoms in total. The lowest BCUT2D eigenvalue weighted by Crippen LogP contribution is -2.30. The molecule has 1 unspecified atom stereocenters. The van der Waals surface area contributed by atoms with Gasteiger partial charge in [-0.05, 0) is 13.5 Å². The number of fused-ring (bicyclic) bond motifs is 2. The van der Waals surface area contributed by atoms with E-state index in [-0.39, 0.29) is 11.8 Å². The highest BCUT2D eigenvalue weighted by molar-refractivity contribution is 7.15. The Morgan fingerprint density at radius 2 is 2.36 bits per heavy atom. The van der Waals surface area contributed by atoms with Crippen LogP contribution in [0.2, 0.25) is 0 Å². The zero-order valence-electron chi connectivity index (χ0n) is 12.6. The number of carbonyl (C=O) groups excluding carboxylic acids is 1. The molecule has 7 heteroatoms. The molecular formula is C15H19N5OS. The number of hydrogen-bond acceptors (Lipinski definition) is 5. The zero-order valence-corrected chi connectivity index (χ0v) is 13.4. The number of nitrogens with zero attached hydrogens (tertiary/aromatic N) is 4. The fourth-order valence-corrected chi connectivity index (χ4v) is 4.25. The fourth-order valence-electron chi connectivity index (χ4n) is 3.16. The van der Waals surface area contributed by atoms with E-state index in [0.29, 0.717) is 6.42 Å². The average molecular weight is 317 g/mol. The van der Waals surface area contributed by atoms with Crippen LogP contribution in [0.15, 0.2) is 12.4 Å². The molecule has 2 aliphatic rings. The molecule has 22 heavy (non-hydrogen) atoms. The van der Waals surface area contributed by atoms with Crippen LogP contribution in [0.4, 0.5) is 5.13 Å². The molecule has 0 aliphatic carbocycles. The van der Waals surface area contributed by atoms with Crippen LogP contribution in [0.3, 0.4) is 0 Å². The van der Waals surface area contributed by atoms with Gasteiger partial charge in [-0.1, -0.05) is 0 Å². The molecule has 0 radical (unpaired) electrons. The highest BCUT2D eigenvalue weighted by atomic mass is 32.1. The first kappa shape index (κ1) is 13.9. The lowest BCUT2D eigenvalue weighted by Gasteiger charge is -2.21. The molecule has 2 aromatic heterocycles. The summed E-state index contributed by atoms with van der Waals surface area (Å²) in [5.41, 5.74) is 1.15. The van der Waals surface area contributed by atoms with Crippen molar-refractivity contribution in [2.45, 2.75) is 32.4 Å². The maximum absolute atomic E-state index is 12.5. The molecule has 1 atom stereocenters. The Morgan fingerprint density at radius 1 is 1.45 bits per heavy atom. The largest absolute Gasteiger partial charge is 0.335 e. The van der Waals surface area contributed by atoms with Gasteiger partial charge >= 0.3 is 0 Å². The molecule has 4 rings (SSSR count). The van der Waals surface area contributed by atoms with Crippen molar-refractivity contribution in [3.63, 3.8) is 0 Å². The van der Waals surface area contributed by atoms with Gasteiger partial charge in [-0.3, -0.25) is 4.79 Å². The number of imidazole rings is 1. The van der Waals surface area contributed by atoms with Crippen LogP contribution < -0.4 is 5.32 Å². The minimum atomic E-state index is -0.00139. The van der Waals surface area contributed by atoms with Crippen molar-refractivity contribution < 1.29 is 4.79 Å². The SMILES string of the molecule is CN1CCc2nc(NC(=O)C3CCn4ccnc4C3)sc2C1. The van der Waals surface area contributed by atoms with Crippen molar-refractivity contribution >= 4 is 22.4 Å². The second-order valence-electron chi connectivity index (χ2n) is 6.09. The highest BCUT2D eigenvalue weighted by Crippen LogP contribution is 2.29. The molecule has 0 bridgehead atoms. The van der Waals surface area contributed by atoms with Gasteiger partial charge < -0.3 is 14.8 Å². The highest BCUT2D eigenvalue weighted by Gasteiger charge is 2.26. The topological polar surface area (TPSA) is 63.1 Å².